The highest BCUT2D eigenvalue weighted by molar-refractivity contribution is 5.45. The molecule has 1 heterocycles. The molecule has 0 amide bonds. The van der Waals surface area contributed by atoms with E-state index in [0.717, 1.165) is 22.6 Å². The van der Waals surface area contributed by atoms with E-state index in [4.69, 9.17) is 18.9 Å². The summed E-state index contributed by atoms with van der Waals surface area (Å²) in [6.07, 6.45) is -4.40. The zero-order chi connectivity index (χ0) is 20.1. The molecule has 3 rings (SSSR count). The Kier molecular flexibility index (Phi) is 6.18. The Bertz CT molecular complexity index is 811. The third-order valence-electron chi connectivity index (χ3n) is 4.30. The molecule has 152 valence electrons. The van der Waals surface area contributed by atoms with Crippen LogP contribution < -0.4 is 24.3 Å². The molecule has 1 atom stereocenters. The van der Waals surface area contributed by atoms with E-state index < -0.39 is 12.8 Å². The lowest BCUT2D eigenvalue weighted by atomic mass is 10.1. The van der Waals surface area contributed by atoms with Gasteiger partial charge in [-0.15, -0.1) is 0 Å². The van der Waals surface area contributed by atoms with Gasteiger partial charge in [0, 0.05) is 12.6 Å². The van der Waals surface area contributed by atoms with Gasteiger partial charge in [0.2, 0.25) is 0 Å². The molecule has 0 radical (unpaired) electrons. The van der Waals surface area contributed by atoms with Gasteiger partial charge in [0.1, 0.15) is 13.2 Å². The van der Waals surface area contributed by atoms with Gasteiger partial charge in [0.15, 0.2) is 29.6 Å². The van der Waals surface area contributed by atoms with Gasteiger partial charge in [-0.1, -0.05) is 12.1 Å². The topological polar surface area (TPSA) is 49.0 Å². The van der Waals surface area contributed by atoms with Gasteiger partial charge < -0.3 is 24.3 Å². The second kappa shape index (κ2) is 8.60. The number of nitrogens with one attached hydrogen (secondary N) is 1. The molecule has 5 nitrogen and oxygen atoms in total. The van der Waals surface area contributed by atoms with Crippen LogP contribution in [-0.2, 0) is 6.54 Å². The predicted molar refractivity (Wildman–Crippen MR) is 97.2 cm³/mol. The molecular weight excluding hydrogens is 375 g/mol. The van der Waals surface area contributed by atoms with E-state index in [1.54, 1.807) is 12.1 Å². The normalized spacial score (nSPS) is 14.5. The van der Waals surface area contributed by atoms with Crippen molar-refractivity contribution in [2.45, 2.75) is 25.7 Å². The van der Waals surface area contributed by atoms with Crippen molar-refractivity contribution in [3.63, 3.8) is 0 Å². The maximum atomic E-state index is 12.3. The quantitative estimate of drug-likeness (QED) is 0.757. The zero-order valence-electron chi connectivity index (χ0n) is 15.6. The number of halogens is 3. The minimum atomic E-state index is -4.40. The molecule has 0 spiro atoms. The van der Waals surface area contributed by atoms with Crippen LogP contribution in [0.1, 0.15) is 24.1 Å². The summed E-state index contributed by atoms with van der Waals surface area (Å²) < 4.78 is 58.1. The average molecular weight is 397 g/mol. The van der Waals surface area contributed by atoms with Crippen molar-refractivity contribution >= 4 is 0 Å². The number of hydrogen-bond donors (Lipinski definition) is 1. The summed E-state index contributed by atoms with van der Waals surface area (Å²) >= 11 is 0. The number of fused-ring (bicyclic) bond motifs is 1. The molecule has 1 unspecified atom stereocenters. The highest BCUT2D eigenvalue weighted by Crippen LogP contribution is 2.33. The third kappa shape index (κ3) is 5.22. The summed E-state index contributed by atoms with van der Waals surface area (Å²) in [5.74, 6) is 1.78. The molecule has 2 aromatic rings. The molecule has 0 saturated heterocycles. The third-order valence-corrected chi connectivity index (χ3v) is 4.30. The molecule has 0 aliphatic carbocycles. The predicted octanol–water partition coefficient (Wildman–Crippen LogP) is 4.26. The van der Waals surface area contributed by atoms with Crippen LogP contribution in [-0.4, -0.2) is 33.1 Å². The van der Waals surface area contributed by atoms with Crippen LogP contribution in [0.4, 0.5) is 13.2 Å². The van der Waals surface area contributed by atoms with E-state index in [-0.39, 0.29) is 17.5 Å². The molecule has 0 saturated carbocycles. The summed E-state index contributed by atoms with van der Waals surface area (Å²) in [5.41, 5.74) is 1.90. The Labute approximate surface area is 161 Å². The fraction of sp³-hybridized carbons (Fsp3) is 0.400. The number of benzene rings is 2. The number of methoxy groups -OCH3 is 1. The Hall–Kier alpha value is -2.61. The average Bonchev–Trinajstić information content (AvgIpc) is 2.69. The lowest BCUT2D eigenvalue weighted by Gasteiger charge is -2.21. The number of ether oxygens (including phenoxy) is 4. The first-order valence-corrected chi connectivity index (χ1v) is 8.85. The van der Waals surface area contributed by atoms with Crippen LogP contribution in [0, 0.1) is 0 Å². The van der Waals surface area contributed by atoms with Crippen LogP contribution in [0.25, 0.3) is 0 Å². The van der Waals surface area contributed by atoms with Gasteiger partial charge in [-0.3, -0.25) is 0 Å². The first-order chi connectivity index (χ1) is 13.4. The summed E-state index contributed by atoms with van der Waals surface area (Å²) in [7, 11) is 1.39. The van der Waals surface area contributed by atoms with Crippen LogP contribution in [0.2, 0.25) is 0 Å². The zero-order valence-corrected chi connectivity index (χ0v) is 15.6. The summed E-state index contributed by atoms with van der Waals surface area (Å²) in [6, 6.07) is 10.7. The van der Waals surface area contributed by atoms with Crippen molar-refractivity contribution in [3.05, 3.63) is 47.5 Å². The molecule has 0 fully saturated rings. The number of alkyl halides is 3. The van der Waals surface area contributed by atoms with Crippen molar-refractivity contribution in [2.24, 2.45) is 0 Å². The lowest BCUT2D eigenvalue weighted by Crippen LogP contribution is -2.20. The summed E-state index contributed by atoms with van der Waals surface area (Å²) in [4.78, 5) is 0. The van der Waals surface area contributed by atoms with E-state index in [1.165, 1.54) is 13.2 Å². The van der Waals surface area contributed by atoms with E-state index >= 15 is 0 Å². The Morgan fingerprint density at radius 3 is 2.50 bits per heavy atom. The molecule has 8 heteroatoms. The monoisotopic (exact) mass is 397 g/mol. The van der Waals surface area contributed by atoms with E-state index in [9.17, 15) is 13.2 Å². The van der Waals surface area contributed by atoms with Crippen molar-refractivity contribution in [1.82, 2.24) is 5.32 Å². The van der Waals surface area contributed by atoms with Crippen LogP contribution in [0.3, 0.4) is 0 Å². The molecule has 0 aromatic heterocycles. The van der Waals surface area contributed by atoms with Crippen molar-refractivity contribution in [3.8, 4) is 23.0 Å². The first-order valence-electron chi connectivity index (χ1n) is 8.85. The minimum Gasteiger partial charge on any atom is -0.493 e. The highest BCUT2D eigenvalue weighted by Gasteiger charge is 2.29. The second-order valence-electron chi connectivity index (χ2n) is 6.39. The molecule has 0 bridgehead atoms. The van der Waals surface area contributed by atoms with Crippen molar-refractivity contribution in [1.29, 1.82) is 0 Å². The molecular formula is C20H22F3NO4. The van der Waals surface area contributed by atoms with E-state index in [2.05, 4.69) is 5.32 Å². The van der Waals surface area contributed by atoms with Crippen molar-refractivity contribution < 1.29 is 32.1 Å². The van der Waals surface area contributed by atoms with E-state index in [1.807, 2.05) is 25.1 Å². The van der Waals surface area contributed by atoms with Gasteiger partial charge in [-0.25, -0.2) is 0 Å². The fourth-order valence-electron chi connectivity index (χ4n) is 2.82. The van der Waals surface area contributed by atoms with Crippen LogP contribution >= 0.6 is 0 Å². The fourth-order valence-corrected chi connectivity index (χ4v) is 2.82. The largest absolute Gasteiger partial charge is 0.493 e. The molecule has 2 aromatic carbocycles. The molecule has 1 aliphatic heterocycles. The maximum Gasteiger partial charge on any atom is 0.422 e. The Morgan fingerprint density at radius 1 is 1.04 bits per heavy atom. The van der Waals surface area contributed by atoms with Gasteiger partial charge in [0.25, 0.3) is 0 Å². The minimum absolute atomic E-state index is 0.0305. The molecule has 1 aliphatic rings. The SMILES string of the molecule is COc1cc(CNC(C)c2ccc3c(c2)OCCO3)ccc1OCC(F)(F)F. The van der Waals surface area contributed by atoms with Crippen LogP contribution in [0.5, 0.6) is 23.0 Å². The smallest absolute Gasteiger partial charge is 0.422 e. The van der Waals surface area contributed by atoms with Gasteiger partial charge in [0.05, 0.1) is 7.11 Å². The van der Waals surface area contributed by atoms with Crippen molar-refractivity contribution in [2.75, 3.05) is 26.9 Å². The number of hydrogen-bond acceptors (Lipinski definition) is 5. The van der Waals surface area contributed by atoms with Gasteiger partial charge in [-0.05, 0) is 42.3 Å². The van der Waals surface area contributed by atoms with Crippen LogP contribution in [0.15, 0.2) is 36.4 Å². The van der Waals surface area contributed by atoms with Gasteiger partial charge in [-0.2, -0.15) is 13.2 Å². The summed E-state index contributed by atoms with van der Waals surface area (Å²) in [5, 5.41) is 3.38. The van der Waals surface area contributed by atoms with Gasteiger partial charge >= 0.3 is 6.18 Å². The summed E-state index contributed by atoms with van der Waals surface area (Å²) in [6.45, 7) is 2.24. The second-order valence-corrected chi connectivity index (χ2v) is 6.39. The molecule has 1 N–H and O–H groups in total. The van der Waals surface area contributed by atoms with E-state index in [0.29, 0.717) is 19.8 Å². The standard InChI is InChI=1S/C20H22F3NO4/c1-13(15-4-6-17-19(10-15)27-8-7-26-17)24-11-14-3-5-16(18(9-14)25-2)28-12-20(21,22)23/h3-6,9-10,13,24H,7-8,11-12H2,1-2H3. The molecule has 28 heavy (non-hydrogen) atoms. The first kappa shape index (κ1) is 20.1. The highest BCUT2D eigenvalue weighted by atomic mass is 19.4. The Morgan fingerprint density at radius 2 is 1.79 bits per heavy atom. The maximum absolute atomic E-state index is 12.3. The lowest BCUT2D eigenvalue weighted by molar-refractivity contribution is -0.153. The number of rotatable bonds is 7. The Balaban J connectivity index is 1.62.